The molecule has 0 aliphatic carbocycles. The Labute approximate surface area is 76.5 Å². The summed E-state index contributed by atoms with van der Waals surface area (Å²) in [5, 5.41) is 0. The van der Waals surface area contributed by atoms with Crippen LogP contribution < -0.4 is 0 Å². The highest BCUT2D eigenvalue weighted by Gasteiger charge is 2.20. The average molecular weight is 167 g/mol. The number of hydrogen-bond acceptors (Lipinski definition) is 1. The van der Waals surface area contributed by atoms with E-state index in [1.807, 2.05) is 0 Å². The minimum Gasteiger partial charge on any atom is -0.372 e. The highest BCUT2D eigenvalue weighted by atomic mass is 15.2. The summed E-state index contributed by atoms with van der Waals surface area (Å²) in [6.07, 6.45) is 6.52. The van der Waals surface area contributed by atoms with Crippen molar-refractivity contribution in [2.24, 2.45) is 0 Å². The molecule has 1 aliphatic heterocycles. The van der Waals surface area contributed by atoms with Gasteiger partial charge in [0.05, 0.1) is 0 Å². The zero-order valence-electron chi connectivity index (χ0n) is 8.47. The zero-order valence-corrected chi connectivity index (χ0v) is 8.47. The van der Waals surface area contributed by atoms with E-state index in [9.17, 15) is 0 Å². The first-order valence-electron chi connectivity index (χ1n) is 5.24. The SMILES string of the molecule is C=C(CC)N1CCCCC1CC. The van der Waals surface area contributed by atoms with Crippen molar-refractivity contribution in [1.82, 2.24) is 4.90 Å². The molecule has 0 N–H and O–H groups in total. The molecule has 0 aromatic heterocycles. The van der Waals surface area contributed by atoms with E-state index in [1.165, 1.54) is 37.9 Å². The Kier molecular flexibility index (Phi) is 3.64. The van der Waals surface area contributed by atoms with Crippen LogP contribution in [0.5, 0.6) is 0 Å². The molecule has 70 valence electrons. The van der Waals surface area contributed by atoms with Gasteiger partial charge < -0.3 is 4.90 Å². The van der Waals surface area contributed by atoms with Crippen molar-refractivity contribution >= 4 is 0 Å². The molecule has 1 fully saturated rings. The van der Waals surface area contributed by atoms with E-state index in [0.29, 0.717) is 0 Å². The summed E-state index contributed by atoms with van der Waals surface area (Å²) in [6.45, 7) is 9.84. The maximum Gasteiger partial charge on any atom is 0.0284 e. The molecule has 1 rings (SSSR count). The molecule has 1 atom stereocenters. The Bertz CT molecular complexity index is 151. The second-order valence-electron chi connectivity index (χ2n) is 3.67. The van der Waals surface area contributed by atoms with Gasteiger partial charge in [-0.1, -0.05) is 20.4 Å². The van der Waals surface area contributed by atoms with Crippen LogP contribution in [-0.4, -0.2) is 17.5 Å². The monoisotopic (exact) mass is 167 g/mol. The zero-order chi connectivity index (χ0) is 8.97. The molecule has 0 bridgehead atoms. The standard InChI is InChI=1S/C11H21N/c1-4-10(3)12-9-7-6-8-11(12)5-2/h11H,3-9H2,1-2H3. The van der Waals surface area contributed by atoms with Crippen LogP contribution in [0.1, 0.15) is 46.0 Å². The summed E-state index contributed by atoms with van der Waals surface area (Å²) in [7, 11) is 0. The van der Waals surface area contributed by atoms with Gasteiger partial charge in [-0.15, -0.1) is 0 Å². The quantitative estimate of drug-likeness (QED) is 0.624. The second-order valence-corrected chi connectivity index (χ2v) is 3.67. The normalized spacial score (nSPS) is 24.2. The van der Waals surface area contributed by atoms with Gasteiger partial charge in [-0.25, -0.2) is 0 Å². The first kappa shape index (κ1) is 9.63. The molecule has 1 nitrogen and oxygen atoms in total. The molecule has 12 heavy (non-hydrogen) atoms. The van der Waals surface area contributed by atoms with Gasteiger partial charge >= 0.3 is 0 Å². The van der Waals surface area contributed by atoms with E-state index >= 15 is 0 Å². The molecule has 0 aromatic carbocycles. The van der Waals surface area contributed by atoms with Crippen molar-refractivity contribution in [2.75, 3.05) is 6.54 Å². The number of rotatable bonds is 3. The number of nitrogens with zero attached hydrogens (tertiary/aromatic N) is 1. The van der Waals surface area contributed by atoms with E-state index in [0.717, 1.165) is 12.5 Å². The Morgan fingerprint density at radius 2 is 2.17 bits per heavy atom. The summed E-state index contributed by atoms with van der Waals surface area (Å²) in [6, 6.07) is 0.784. The van der Waals surface area contributed by atoms with Crippen molar-refractivity contribution in [1.29, 1.82) is 0 Å². The van der Waals surface area contributed by atoms with Gasteiger partial charge in [-0.2, -0.15) is 0 Å². The van der Waals surface area contributed by atoms with Crippen molar-refractivity contribution in [2.45, 2.75) is 52.0 Å². The summed E-state index contributed by atoms with van der Waals surface area (Å²) < 4.78 is 0. The van der Waals surface area contributed by atoms with Crippen molar-refractivity contribution in [3.05, 3.63) is 12.3 Å². The van der Waals surface area contributed by atoms with Gasteiger partial charge in [-0.3, -0.25) is 0 Å². The number of allylic oxidation sites excluding steroid dienone is 1. The predicted octanol–water partition coefficient (Wildman–Crippen LogP) is 3.17. The lowest BCUT2D eigenvalue weighted by atomic mass is 9.99. The first-order chi connectivity index (χ1) is 5.79. The molecular formula is C11H21N. The second kappa shape index (κ2) is 4.54. The molecule has 0 radical (unpaired) electrons. The fraction of sp³-hybridized carbons (Fsp3) is 0.818. The number of piperidine rings is 1. The molecular weight excluding hydrogens is 146 g/mol. The lowest BCUT2D eigenvalue weighted by Crippen LogP contribution is -2.37. The Hall–Kier alpha value is -0.460. The first-order valence-corrected chi connectivity index (χ1v) is 5.24. The van der Waals surface area contributed by atoms with Crippen LogP contribution in [0.3, 0.4) is 0 Å². The molecule has 1 heteroatoms. The van der Waals surface area contributed by atoms with E-state index in [2.05, 4.69) is 25.3 Å². The third-order valence-electron chi connectivity index (χ3n) is 2.91. The summed E-state index contributed by atoms with van der Waals surface area (Å²) in [5.41, 5.74) is 1.33. The predicted molar refractivity (Wildman–Crippen MR) is 54.1 cm³/mol. The Balaban J connectivity index is 2.52. The molecule has 0 spiro atoms. The van der Waals surface area contributed by atoms with Gasteiger partial charge in [0.25, 0.3) is 0 Å². The minimum absolute atomic E-state index is 0.784. The molecule has 1 heterocycles. The maximum absolute atomic E-state index is 4.12. The van der Waals surface area contributed by atoms with Crippen LogP contribution in [0.4, 0.5) is 0 Å². The summed E-state index contributed by atoms with van der Waals surface area (Å²) in [5.74, 6) is 0. The van der Waals surface area contributed by atoms with E-state index < -0.39 is 0 Å². The van der Waals surface area contributed by atoms with Crippen molar-refractivity contribution < 1.29 is 0 Å². The van der Waals surface area contributed by atoms with Crippen LogP contribution in [0.2, 0.25) is 0 Å². The Morgan fingerprint density at radius 1 is 1.42 bits per heavy atom. The van der Waals surface area contributed by atoms with E-state index in [4.69, 9.17) is 0 Å². The van der Waals surface area contributed by atoms with Crippen LogP contribution >= 0.6 is 0 Å². The van der Waals surface area contributed by atoms with Crippen LogP contribution in [0.15, 0.2) is 12.3 Å². The van der Waals surface area contributed by atoms with Crippen molar-refractivity contribution in [3.63, 3.8) is 0 Å². The fourth-order valence-electron chi connectivity index (χ4n) is 2.04. The molecule has 1 aliphatic rings. The maximum atomic E-state index is 4.12. The molecule has 1 unspecified atom stereocenters. The van der Waals surface area contributed by atoms with E-state index in [1.54, 1.807) is 0 Å². The average Bonchev–Trinajstić information content (AvgIpc) is 2.16. The number of hydrogen-bond donors (Lipinski definition) is 0. The van der Waals surface area contributed by atoms with Gasteiger partial charge in [0.2, 0.25) is 0 Å². The van der Waals surface area contributed by atoms with Crippen molar-refractivity contribution in [3.8, 4) is 0 Å². The number of likely N-dealkylation sites (tertiary alicyclic amines) is 1. The van der Waals surface area contributed by atoms with Crippen LogP contribution in [0.25, 0.3) is 0 Å². The summed E-state index contributed by atoms with van der Waals surface area (Å²) in [4.78, 5) is 2.52. The van der Waals surface area contributed by atoms with Gasteiger partial charge in [-0.05, 0) is 32.1 Å². The Morgan fingerprint density at radius 3 is 2.75 bits per heavy atom. The third kappa shape index (κ3) is 2.02. The molecule has 0 saturated carbocycles. The lowest BCUT2D eigenvalue weighted by molar-refractivity contribution is 0.185. The highest BCUT2D eigenvalue weighted by molar-refractivity contribution is 4.97. The topological polar surface area (TPSA) is 3.24 Å². The van der Waals surface area contributed by atoms with Gasteiger partial charge in [0.1, 0.15) is 0 Å². The van der Waals surface area contributed by atoms with Crippen LogP contribution in [0, 0.1) is 0 Å². The van der Waals surface area contributed by atoms with E-state index in [-0.39, 0.29) is 0 Å². The minimum atomic E-state index is 0.784. The highest BCUT2D eigenvalue weighted by Crippen LogP contribution is 2.23. The van der Waals surface area contributed by atoms with Gasteiger partial charge in [0.15, 0.2) is 0 Å². The lowest BCUT2D eigenvalue weighted by Gasteiger charge is -2.38. The third-order valence-corrected chi connectivity index (χ3v) is 2.91. The largest absolute Gasteiger partial charge is 0.372 e. The molecule has 0 aromatic rings. The smallest absolute Gasteiger partial charge is 0.0284 e. The fourth-order valence-corrected chi connectivity index (χ4v) is 2.04. The summed E-state index contributed by atoms with van der Waals surface area (Å²) >= 11 is 0. The van der Waals surface area contributed by atoms with Crippen LogP contribution in [-0.2, 0) is 0 Å². The molecule has 0 amide bonds. The molecule has 1 saturated heterocycles. The van der Waals surface area contributed by atoms with Gasteiger partial charge in [0, 0.05) is 18.3 Å².